The Balaban J connectivity index is 0. The van der Waals surface area contributed by atoms with Gasteiger partial charge in [-0.1, -0.05) is 6.08 Å². The molecule has 0 aliphatic heterocycles. The summed E-state index contributed by atoms with van der Waals surface area (Å²) in [6.07, 6.45) is 1.43. The van der Waals surface area contributed by atoms with Crippen molar-refractivity contribution in [3.8, 4) is 0 Å². The van der Waals surface area contributed by atoms with Crippen LogP contribution in [-0.2, 0) is 0 Å². The zero-order valence-electron chi connectivity index (χ0n) is 2.44. The molecule has 0 spiro atoms. The Morgan fingerprint density at radius 2 is 2.00 bits per heavy atom. The van der Waals surface area contributed by atoms with Crippen molar-refractivity contribution < 1.29 is 5.11 Å². The first kappa shape index (κ1) is 8.97. The molecule has 5 heavy (non-hydrogen) atoms. The zero-order valence-corrected chi connectivity index (χ0v) is 2.44. The summed E-state index contributed by atoms with van der Waals surface area (Å²) in [4.78, 5) is 0. The number of aliphatic hydroxyl groups excluding tert-OH is 1. The molecular formula is C3H9AlO. The highest BCUT2D eigenvalue weighted by Gasteiger charge is 1.45. The van der Waals surface area contributed by atoms with Crippen molar-refractivity contribution in [2.24, 2.45) is 0 Å². The molecule has 2 heteroatoms. The smallest absolute Gasteiger partial charge is 0.187 e. The Kier molecular flexibility index (Phi) is 15.9. The molecule has 0 radical (unpaired) electrons. The summed E-state index contributed by atoms with van der Waals surface area (Å²) in [7, 11) is 0. The predicted molar refractivity (Wildman–Crippen MR) is 27.2 cm³/mol. The SMILES string of the molecule is C=CCO.[AlH3]. The normalized spacial score (nSPS) is 5.00. The molecule has 0 fully saturated rings. The van der Waals surface area contributed by atoms with E-state index in [1.165, 1.54) is 6.08 Å². The lowest BCUT2D eigenvalue weighted by Crippen LogP contribution is -1.62. The van der Waals surface area contributed by atoms with Gasteiger partial charge >= 0.3 is 0 Å². The van der Waals surface area contributed by atoms with Gasteiger partial charge in [0.05, 0.1) is 6.61 Å². The fraction of sp³-hybridized carbons (Fsp3) is 0.333. The van der Waals surface area contributed by atoms with Crippen LogP contribution in [0.5, 0.6) is 0 Å². The lowest BCUT2D eigenvalue weighted by atomic mass is 10.7. The van der Waals surface area contributed by atoms with Crippen LogP contribution in [-0.4, -0.2) is 29.1 Å². The maximum atomic E-state index is 7.76. The second-order valence-corrected chi connectivity index (χ2v) is 0.471. The van der Waals surface area contributed by atoms with Gasteiger partial charge < -0.3 is 5.11 Å². The maximum absolute atomic E-state index is 7.76. The third-order valence-corrected chi connectivity index (χ3v) is 0.129. The van der Waals surface area contributed by atoms with Crippen LogP contribution in [0.1, 0.15) is 0 Å². The van der Waals surface area contributed by atoms with E-state index in [1.807, 2.05) is 0 Å². The number of rotatable bonds is 1. The van der Waals surface area contributed by atoms with Crippen LogP contribution in [0.15, 0.2) is 12.7 Å². The summed E-state index contributed by atoms with van der Waals surface area (Å²) >= 11 is 0. The van der Waals surface area contributed by atoms with Gasteiger partial charge in [-0.05, 0) is 0 Å². The first-order valence-corrected chi connectivity index (χ1v) is 1.13. The zero-order chi connectivity index (χ0) is 3.41. The van der Waals surface area contributed by atoms with Crippen LogP contribution in [0.3, 0.4) is 0 Å². The Morgan fingerprint density at radius 1 is 1.80 bits per heavy atom. The van der Waals surface area contributed by atoms with Gasteiger partial charge in [-0.3, -0.25) is 0 Å². The van der Waals surface area contributed by atoms with Crippen LogP contribution < -0.4 is 0 Å². The van der Waals surface area contributed by atoms with Crippen molar-refractivity contribution in [1.29, 1.82) is 0 Å². The average Bonchev–Trinajstić information content (AvgIpc) is 1.37. The second kappa shape index (κ2) is 8.87. The standard InChI is InChI=1S/C3H6O.Al.3H/c1-2-3-4;;;;/h2,4H,1,3H2;;;;. The predicted octanol–water partition coefficient (Wildman–Crippen LogP) is -1.02. The van der Waals surface area contributed by atoms with Gasteiger partial charge in [0.25, 0.3) is 0 Å². The van der Waals surface area contributed by atoms with E-state index in [-0.39, 0.29) is 24.0 Å². The number of hydrogen-bond acceptors (Lipinski definition) is 1. The van der Waals surface area contributed by atoms with Crippen LogP contribution in [0.25, 0.3) is 0 Å². The summed E-state index contributed by atoms with van der Waals surface area (Å²) in [5.41, 5.74) is 0. The highest BCUT2D eigenvalue weighted by Crippen LogP contribution is 1.46. The van der Waals surface area contributed by atoms with E-state index >= 15 is 0 Å². The minimum absolute atomic E-state index is 0. The second-order valence-electron chi connectivity index (χ2n) is 0.471. The fourth-order valence-electron chi connectivity index (χ4n) is 0. The Labute approximate surface area is 42.4 Å². The molecular weight excluding hydrogens is 79.0 g/mol. The van der Waals surface area contributed by atoms with E-state index in [0.717, 1.165) is 0 Å². The minimum Gasteiger partial charge on any atom is -0.392 e. The quantitative estimate of drug-likeness (QED) is 0.321. The van der Waals surface area contributed by atoms with E-state index < -0.39 is 0 Å². The van der Waals surface area contributed by atoms with Gasteiger partial charge in [0.1, 0.15) is 0 Å². The topological polar surface area (TPSA) is 20.2 Å². The van der Waals surface area contributed by atoms with Crippen molar-refractivity contribution in [3.63, 3.8) is 0 Å². The highest BCUT2D eigenvalue weighted by atomic mass is 27.0. The lowest BCUT2D eigenvalue weighted by Gasteiger charge is -1.60. The van der Waals surface area contributed by atoms with Crippen LogP contribution in [0.2, 0.25) is 0 Å². The van der Waals surface area contributed by atoms with Gasteiger partial charge in [0.2, 0.25) is 0 Å². The number of hydrogen-bond donors (Lipinski definition) is 1. The summed E-state index contributed by atoms with van der Waals surface area (Å²) in [6, 6.07) is 0. The molecule has 30 valence electrons. The van der Waals surface area contributed by atoms with E-state index in [1.54, 1.807) is 0 Å². The van der Waals surface area contributed by atoms with Gasteiger partial charge in [0.15, 0.2) is 17.4 Å². The molecule has 0 rings (SSSR count). The molecule has 0 bridgehead atoms. The minimum atomic E-state index is 0. The first-order chi connectivity index (χ1) is 1.91. The van der Waals surface area contributed by atoms with Crippen molar-refractivity contribution in [2.75, 3.05) is 6.61 Å². The van der Waals surface area contributed by atoms with Gasteiger partial charge in [-0.25, -0.2) is 0 Å². The molecule has 0 aliphatic rings. The molecule has 1 N–H and O–H groups in total. The molecule has 0 unspecified atom stereocenters. The van der Waals surface area contributed by atoms with Gasteiger partial charge in [-0.2, -0.15) is 0 Å². The van der Waals surface area contributed by atoms with E-state index in [2.05, 4.69) is 6.58 Å². The monoisotopic (exact) mass is 88.0 g/mol. The molecule has 0 saturated carbocycles. The molecule has 0 saturated heterocycles. The summed E-state index contributed by atoms with van der Waals surface area (Å²) in [5, 5.41) is 7.76. The Bertz CT molecular complexity index is 20.9. The molecule has 1 nitrogen and oxygen atoms in total. The molecule has 0 heterocycles. The average molecular weight is 88.1 g/mol. The first-order valence-electron chi connectivity index (χ1n) is 1.13. The summed E-state index contributed by atoms with van der Waals surface area (Å²) < 4.78 is 0. The highest BCUT2D eigenvalue weighted by molar-refractivity contribution is 5.75. The third-order valence-electron chi connectivity index (χ3n) is 0.129. The molecule has 0 aliphatic carbocycles. The van der Waals surface area contributed by atoms with E-state index in [4.69, 9.17) is 5.11 Å². The molecule has 0 aromatic heterocycles. The molecule has 0 aromatic carbocycles. The van der Waals surface area contributed by atoms with Crippen LogP contribution in [0, 0.1) is 0 Å². The van der Waals surface area contributed by atoms with Crippen molar-refractivity contribution in [2.45, 2.75) is 0 Å². The Hall–Kier alpha value is 0.232. The molecule has 0 amide bonds. The summed E-state index contributed by atoms with van der Waals surface area (Å²) in [5.74, 6) is 0. The van der Waals surface area contributed by atoms with Crippen molar-refractivity contribution >= 4 is 17.4 Å². The van der Waals surface area contributed by atoms with E-state index in [9.17, 15) is 0 Å². The van der Waals surface area contributed by atoms with Crippen LogP contribution in [0.4, 0.5) is 0 Å². The van der Waals surface area contributed by atoms with Gasteiger partial charge in [0, 0.05) is 0 Å². The third kappa shape index (κ3) is 13.9. The largest absolute Gasteiger partial charge is 0.392 e. The summed E-state index contributed by atoms with van der Waals surface area (Å²) in [6.45, 7) is 3.31. The Morgan fingerprint density at radius 3 is 2.00 bits per heavy atom. The van der Waals surface area contributed by atoms with Crippen molar-refractivity contribution in [1.82, 2.24) is 0 Å². The van der Waals surface area contributed by atoms with Gasteiger partial charge in [-0.15, -0.1) is 6.58 Å². The lowest BCUT2D eigenvalue weighted by molar-refractivity contribution is 0.343. The van der Waals surface area contributed by atoms with Crippen LogP contribution >= 0.6 is 0 Å². The maximum Gasteiger partial charge on any atom is 0.187 e. The molecule has 0 atom stereocenters. The number of aliphatic hydroxyl groups is 1. The van der Waals surface area contributed by atoms with Crippen molar-refractivity contribution in [3.05, 3.63) is 12.7 Å². The van der Waals surface area contributed by atoms with E-state index in [0.29, 0.717) is 0 Å². The fourth-order valence-corrected chi connectivity index (χ4v) is 0. The molecule has 0 aromatic rings.